The summed E-state index contributed by atoms with van der Waals surface area (Å²) in [5.41, 5.74) is 13.0. The molecule has 0 aliphatic heterocycles. The van der Waals surface area contributed by atoms with Gasteiger partial charge < -0.3 is 9.32 Å². The quantitative estimate of drug-likeness (QED) is 0.167. The second-order valence-electron chi connectivity index (χ2n) is 13.6. The molecule has 0 aliphatic carbocycles. The molecular formula is C51H34N2O. The van der Waals surface area contributed by atoms with Gasteiger partial charge >= 0.3 is 0 Å². The van der Waals surface area contributed by atoms with Gasteiger partial charge in [-0.05, 0) is 110 Å². The maximum absolute atomic E-state index is 6.40. The number of rotatable bonds is 7. The van der Waals surface area contributed by atoms with E-state index in [9.17, 15) is 0 Å². The first-order valence-corrected chi connectivity index (χ1v) is 18.3. The summed E-state index contributed by atoms with van der Waals surface area (Å²) in [6, 6.07) is 73.1. The van der Waals surface area contributed by atoms with Crippen molar-refractivity contribution < 1.29 is 4.42 Å². The van der Waals surface area contributed by atoms with Gasteiger partial charge in [-0.1, -0.05) is 146 Å². The molecule has 0 saturated carbocycles. The summed E-state index contributed by atoms with van der Waals surface area (Å²) in [6.07, 6.45) is 0. The molecule has 1 aromatic heterocycles. The van der Waals surface area contributed by atoms with Crippen LogP contribution in [0.1, 0.15) is 0 Å². The van der Waals surface area contributed by atoms with E-state index in [4.69, 9.17) is 9.40 Å². The lowest BCUT2D eigenvalue weighted by Crippen LogP contribution is -2.09. The van der Waals surface area contributed by atoms with Crippen LogP contribution in [0.15, 0.2) is 211 Å². The molecule has 0 fully saturated rings. The molecule has 0 saturated heterocycles. The van der Waals surface area contributed by atoms with Crippen LogP contribution in [0.4, 0.5) is 17.1 Å². The first kappa shape index (κ1) is 31.5. The fourth-order valence-corrected chi connectivity index (χ4v) is 7.55. The van der Waals surface area contributed by atoms with Crippen molar-refractivity contribution in [2.45, 2.75) is 0 Å². The molecule has 3 nitrogen and oxygen atoms in total. The Kier molecular flexibility index (Phi) is 7.81. The molecule has 0 aliphatic rings. The van der Waals surface area contributed by atoms with Crippen LogP contribution < -0.4 is 4.90 Å². The highest BCUT2D eigenvalue weighted by atomic mass is 16.3. The average molecular weight is 691 g/mol. The van der Waals surface area contributed by atoms with Crippen LogP contribution in [0.25, 0.3) is 77.5 Å². The number of aromatic nitrogens is 1. The number of benzene rings is 9. The lowest BCUT2D eigenvalue weighted by Gasteiger charge is -2.26. The highest BCUT2D eigenvalue weighted by Crippen LogP contribution is 2.40. The van der Waals surface area contributed by atoms with Gasteiger partial charge in [0.15, 0.2) is 5.58 Å². The Balaban J connectivity index is 1.06. The molecule has 0 bridgehead atoms. The fourth-order valence-electron chi connectivity index (χ4n) is 7.55. The Labute approximate surface area is 314 Å². The zero-order valence-electron chi connectivity index (χ0n) is 29.4. The van der Waals surface area contributed by atoms with Crippen molar-refractivity contribution in [2.75, 3.05) is 4.90 Å². The lowest BCUT2D eigenvalue weighted by atomic mass is 9.95. The smallest absolute Gasteiger partial charge is 0.227 e. The normalized spacial score (nSPS) is 11.3. The predicted octanol–water partition coefficient (Wildman–Crippen LogP) is 14.3. The van der Waals surface area contributed by atoms with Crippen molar-refractivity contribution in [3.63, 3.8) is 0 Å². The van der Waals surface area contributed by atoms with Crippen molar-refractivity contribution in [3.05, 3.63) is 206 Å². The molecule has 54 heavy (non-hydrogen) atoms. The predicted molar refractivity (Wildman–Crippen MR) is 225 cm³/mol. The van der Waals surface area contributed by atoms with Crippen molar-refractivity contribution in [2.24, 2.45) is 0 Å². The molecule has 0 radical (unpaired) electrons. The summed E-state index contributed by atoms with van der Waals surface area (Å²) in [7, 11) is 0. The standard InChI is InChI=1S/C51H34N2O/c1-4-11-35(12-5-1)37-21-26-43(27-22-37)53(44-28-23-38(24-29-44)36-13-6-2-7-14-36)45-30-25-39-19-20-41(33-42(39)34-45)46-17-10-18-48-47(46)31-32-49-50(48)54-51(52-49)40-15-8-3-9-16-40/h1-34H. The van der Waals surface area contributed by atoms with Gasteiger partial charge in [0.25, 0.3) is 0 Å². The number of anilines is 3. The van der Waals surface area contributed by atoms with E-state index in [1.165, 1.54) is 33.0 Å². The molecule has 10 rings (SSSR count). The third kappa shape index (κ3) is 5.78. The monoisotopic (exact) mass is 690 g/mol. The van der Waals surface area contributed by atoms with E-state index in [1.807, 2.05) is 30.3 Å². The number of hydrogen-bond donors (Lipinski definition) is 0. The number of nitrogens with zero attached hydrogens (tertiary/aromatic N) is 2. The average Bonchev–Trinajstić information content (AvgIpc) is 3.70. The minimum absolute atomic E-state index is 0.635. The Morgan fingerprint density at radius 1 is 0.352 bits per heavy atom. The van der Waals surface area contributed by atoms with E-state index in [2.05, 4.69) is 181 Å². The van der Waals surface area contributed by atoms with E-state index in [-0.39, 0.29) is 0 Å². The fraction of sp³-hybridized carbons (Fsp3) is 0. The summed E-state index contributed by atoms with van der Waals surface area (Å²) in [5, 5.41) is 4.54. The Hall–Kier alpha value is -7.23. The van der Waals surface area contributed by atoms with Crippen molar-refractivity contribution in [1.29, 1.82) is 0 Å². The summed E-state index contributed by atoms with van der Waals surface area (Å²) in [6.45, 7) is 0. The van der Waals surface area contributed by atoms with E-state index in [0.717, 1.165) is 55.6 Å². The molecule has 3 heteroatoms. The number of fused-ring (bicyclic) bond motifs is 4. The summed E-state index contributed by atoms with van der Waals surface area (Å²) >= 11 is 0. The molecule has 9 aromatic carbocycles. The summed E-state index contributed by atoms with van der Waals surface area (Å²) < 4.78 is 6.40. The molecule has 0 N–H and O–H groups in total. The minimum Gasteiger partial charge on any atom is -0.435 e. The molecule has 1 heterocycles. The second kappa shape index (κ2) is 13.4. The molecular weight excluding hydrogens is 657 g/mol. The van der Waals surface area contributed by atoms with Crippen LogP contribution in [-0.2, 0) is 0 Å². The van der Waals surface area contributed by atoms with Gasteiger partial charge in [-0.15, -0.1) is 0 Å². The maximum Gasteiger partial charge on any atom is 0.227 e. The van der Waals surface area contributed by atoms with Crippen LogP contribution in [0.5, 0.6) is 0 Å². The third-order valence-corrected chi connectivity index (χ3v) is 10.3. The largest absolute Gasteiger partial charge is 0.435 e. The topological polar surface area (TPSA) is 29.3 Å². The second-order valence-corrected chi connectivity index (χ2v) is 13.6. The Bertz CT molecular complexity index is 2820. The molecule has 254 valence electrons. The zero-order chi connectivity index (χ0) is 35.8. The van der Waals surface area contributed by atoms with Crippen LogP contribution in [0.2, 0.25) is 0 Å². The molecule has 10 aromatic rings. The van der Waals surface area contributed by atoms with Gasteiger partial charge in [-0.3, -0.25) is 0 Å². The first-order chi connectivity index (χ1) is 26.7. The SMILES string of the molecule is c1ccc(-c2ccc(N(c3ccc(-c4ccccc4)cc3)c3ccc4ccc(-c5cccc6c5ccc5nc(-c7ccccc7)oc56)cc4c3)cc2)cc1. The Morgan fingerprint density at radius 2 is 0.889 bits per heavy atom. The lowest BCUT2D eigenvalue weighted by molar-refractivity contribution is 0.623. The third-order valence-electron chi connectivity index (χ3n) is 10.3. The maximum atomic E-state index is 6.40. The number of oxazole rings is 1. The van der Waals surface area contributed by atoms with Crippen LogP contribution in [0, 0.1) is 0 Å². The van der Waals surface area contributed by atoms with Crippen molar-refractivity contribution >= 4 is 49.7 Å². The van der Waals surface area contributed by atoms with Crippen molar-refractivity contribution in [3.8, 4) is 44.8 Å². The summed E-state index contributed by atoms with van der Waals surface area (Å²) in [4.78, 5) is 7.17. The van der Waals surface area contributed by atoms with E-state index in [0.29, 0.717) is 5.89 Å². The van der Waals surface area contributed by atoms with E-state index < -0.39 is 0 Å². The first-order valence-electron chi connectivity index (χ1n) is 18.3. The van der Waals surface area contributed by atoms with Crippen LogP contribution >= 0.6 is 0 Å². The molecule has 0 unspecified atom stereocenters. The van der Waals surface area contributed by atoms with Crippen LogP contribution in [0.3, 0.4) is 0 Å². The highest BCUT2D eigenvalue weighted by Gasteiger charge is 2.16. The van der Waals surface area contributed by atoms with Gasteiger partial charge in [0.1, 0.15) is 5.52 Å². The van der Waals surface area contributed by atoms with Crippen LogP contribution in [-0.4, -0.2) is 4.98 Å². The van der Waals surface area contributed by atoms with E-state index >= 15 is 0 Å². The van der Waals surface area contributed by atoms with Gasteiger partial charge in [0.2, 0.25) is 5.89 Å². The number of hydrogen-bond acceptors (Lipinski definition) is 3. The minimum atomic E-state index is 0.635. The molecule has 0 spiro atoms. The highest BCUT2D eigenvalue weighted by molar-refractivity contribution is 6.10. The zero-order valence-corrected chi connectivity index (χ0v) is 29.4. The van der Waals surface area contributed by atoms with E-state index in [1.54, 1.807) is 0 Å². The van der Waals surface area contributed by atoms with Gasteiger partial charge in [-0.2, -0.15) is 0 Å². The molecule has 0 atom stereocenters. The van der Waals surface area contributed by atoms with Gasteiger partial charge in [0.05, 0.1) is 0 Å². The van der Waals surface area contributed by atoms with Crippen molar-refractivity contribution in [1.82, 2.24) is 4.98 Å². The van der Waals surface area contributed by atoms with Gasteiger partial charge in [0, 0.05) is 28.0 Å². The Morgan fingerprint density at radius 3 is 1.52 bits per heavy atom. The summed E-state index contributed by atoms with van der Waals surface area (Å²) in [5.74, 6) is 0.635. The molecule has 0 amide bonds. The van der Waals surface area contributed by atoms with Gasteiger partial charge in [-0.25, -0.2) is 4.98 Å².